The number of aryl methyl sites for hydroxylation is 2. The third-order valence-corrected chi connectivity index (χ3v) is 4.22. The van der Waals surface area contributed by atoms with Crippen molar-refractivity contribution in [2.75, 3.05) is 0 Å². The van der Waals surface area contributed by atoms with E-state index in [0.29, 0.717) is 12.4 Å². The number of nitrogens with zero attached hydrogens (tertiary/aromatic N) is 4. The number of aromatic nitrogens is 4. The summed E-state index contributed by atoms with van der Waals surface area (Å²) in [5, 5.41) is 14.3. The van der Waals surface area contributed by atoms with Crippen LogP contribution >= 0.6 is 0 Å². The first-order chi connectivity index (χ1) is 12.2. The van der Waals surface area contributed by atoms with E-state index in [1.165, 1.54) is 5.56 Å². The van der Waals surface area contributed by atoms with Crippen LogP contribution in [-0.2, 0) is 6.61 Å². The maximum atomic E-state index is 6.03. The standard InChI is InChI=1S/C20H18N4O/c1-14-10-11-18(15(2)12-14)24-20(21-22-23-24)13-25-19-9-5-7-16-6-3-4-8-17(16)19/h3-12H,13H2,1-2H3. The lowest BCUT2D eigenvalue weighted by Gasteiger charge is -2.11. The summed E-state index contributed by atoms with van der Waals surface area (Å²) in [7, 11) is 0. The molecule has 0 bridgehead atoms. The summed E-state index contributed by atoms with van der Waals surface area (Å²) in [6.07, 6.45) is 0. The molecule has 0 aliphatic rings. The molecule has 0 radical (unpaired) electrons. The maximum absolute atomic E-state index is 6.03. The van der Waals surface area contributed by atoms with Gasteiger partial charge >= 0.3 is 0 Å². The van der Waals surface area contributed by atoms with Gasteiger partial charge in [0.15, 0.2) is 5.82 Å². The van der Waals surface area contributed by atoms with Crippen LogP contribution in [0, 0.1) is 13.8 Å². The van der Waals surface area contributed by atoms with Crippen molar-refractivity contribution in [1.29, 1.82) is 0 Å². The van der Waals surface area contributed by atoms with Gasteiger partial charge in [-0.3, -0.25) is 0 Å². The van der Waals surface area contributed by atoms with E-state index >= 15 is 0 Å². The van der Waals surface area contributed by atoms with Gasteiger partial charge in [-0.1, -0.05) is 54.1 Å². The van der Waals surface area contributed by atoms with Gasteiger partial charge in [-0.15, -0.1) is 5.10 Å². The van der Waals surface area contributed by atoms with Crippen LogP contribution in [0.4, 0.5) is 0 Å². The molecule has 4 rings (SSSR count). The van der Waals surface area contributed by atoms with Gasteiger partial charge in [0.05, 0.1) is 5.69 Å². The van der Waals surface area contributed by atoms with E-state index in [-0.39, 0.29) is 0 Å². The van der Waals surface area contributed by atoms with Crippen LogP contribution in [-0.4, -0.2) is 20.2 Å². The van der Waals surface area contributed by atoms with E-state index in [9.17, 15) is 0 Å². The SMILES string of the molecule is Cc1ccc(-n2nnnc2COc2cccc3ccccc23)c(C)c1. The van der Waals surface area contributed by atoms with Gasteiger partial charge in [-0.05, 0) is 47.4 Å². The van der Waals surface area contributed by atoms with Gasteiger partial charge in [-0.25, -0.2) is 0 Å². The summed E-state index contributed by atoms with van der Waals surface area (Å²) < 4.78 is 7.76. The predicted octanol–water partition coefficient (Wildman–Crippen LogP) is 4.01. The molecule has 0 saturated carbocycles. The van der Waals surface area contributed by atoms with Gasteiger partial charge in [0.25, 0.3) is 0 Å². The fraction of sp³-hybridized carbons (Fsp3) is 0.150. The van der Waals surface area contributed by atoms with Crippen molar-refractivity contribution in [3.63, 3.8) is 0 Å². The highest BCUT2D eigenvalue weighted by molar-refractivity contribution is 5.88. The first-order valence-corrected chi connectivity index (χ1v) is 8.18. The van der Waals surface area contributed by atoms with E-state index in [2.05, 4.69) is 59.7 Å². The summed E-state index contributed by atoms with van der Waals surface area (Å²) in [4.78, 5) is 0. The molecule has 0 spiro atoms. The van der Waals surface area contributed by atoms with Crippen molar-refractivity contribution in [1.82, 2.24) is 20.2 Å². The zero-order chi connectivity index (χ0) is 17.2. The molecule has 0 fully saturated rings. The first kappa shape index (κ1) is 15.3. The van der Waals surface area contributed by atoms with E-state index in [0.717, 1.165) is 27.8 Å². The second kappa shape index (κ2) is 6.36. The molecule has 5 heteroatoms. The summed E-state index contributed by atoms with van der Waals surface area (Å²) >= 11 is 0. The van der Waals surface area contributed by atoms with Crippen LogP contribution in [0.5, 0.6) is 5.75 Å². The predicted molar refractivity (Wildman–Crippen MR) is 96.9 cm³/mol. The van der Waals surface area contributed by atoms with Crippen LogP contribution in [0.1, 0.15) is 17.0 Å². The smallest absolute Gasteiger partial charge is 0.194 e. The lowest BCUT2D eigenvalue weighted by atomic mass is 10.1. The van der Waals surface area contributed by atoms with Gasteiger partial charge in [0.2, 0.25) is 0 Å². The number of hydrogen-bond acceptors (Lipinski definition) is 4. The van der Waals surface area contributed by atoms with Crippen molar-refractivity contribution in [3.8, 4) is 11.4 Å². The van der Waals surface area contributed by atoms with Crippen molar-refractivity contribution < 1.29 is 4.74 Å². The zero-order valence-electron chi connectivity index (χ0n) is 14.2. The molecule has 0 unspecified atom stereocenters. The number of benzene rings is 3. The monoisotopic (exact) mass is 330 g/mol. The van der Waals surface area contributed by atoms with Crippen molar-refractivity contribution >= 4 is 10.8 Å². The molecule has 0 aliphatic heterocycles. The highest BCUT2D eigenvalue weighted by Crippen LogP contribution is 2.26. The topological polar surface area (TPSA) is 52.8 Å². The van der Waals surface area contributed by atoms with Gasteiger partial charge in [0.1, 0.15) is 12.4 Å². The Hall–Kier alpha value is -3.21. The number of ether oxygens (including phenoxy) is 1. The molecular formula is C20H18N4O. The molecule has 1 aromatic heterocycles. The Morgan fingerprint density at radius 2 is 1.80 bits per heavy atom. The number of hydrogen-bond donors (Lipinski definition) is 0. The average molecular weight is 330 g/mol. The van der Waals surface area contributed by atoms with Crippen LogP contribution < -0.4 is 4.74 Å². The first-order valence-electron chi connectivity index (χ1n) is 8.18. The average Bonchev–Trinajstić information content (AvgIpc) is 3.08. The molecule has 5 nitrogen and oxygen atoms in total. The lowest BCUT2D eigenvalue weighted by molar-refractivity contribution is 0.296. The van der Waals surface area contributed by atoms with Gasteiger partial charge in [-0.2, -0.15) is 4.68 Å². The lowest BCUT2D eigenvalue weighted by Crippen LogP contribution is -2.08. The minimum absolute atomic E-state index is 0.300. The minimum atomic E-state index is 0.300. The summed E-state index contributed by atoms with van der Waals surface area (Å²) in [6, 6.07) is 20.4. The largest absolute Gasteiger partial charge is 0.485 e. The number of fused-ring (bicyclic) bond motifs is 1. The molecule has 124 valence electrons. The number of rotatable bonds is 4. The van der Waals surface area contributed by atoms with Crippen LogP contribution in [0.15, 0.2) is 60.7 Å². The van der Waals surface area contributed by atoms with E-state index in [1.54, 1.807) is 4.68 Å². The van der Waals surface area contributed by atoms with E-state index < -0.39 is 0 Å². The van der Waals surface area contributed by atoms with Crippen molar-refractivity contribution in [3.05, 3.63) is 77.6 Å². The highest BCUT2D eigenvalue weighted by Gasteiger charge is 2.12. The molecule has 3 aromatic carbocycles. The van der Waals surface area contributed by atoms with Crippen LogP contribution in [0.2, 0.25) is 0 Å². The Morgan fingerprint density at radius 1 is 0.960 bits per heavy atom. The number of tetrazole rings is 1. The maximum Gasteiger partial charge on any atom is 0.194 e. The molecule has 25 heavy (non-hydrogen) atoms. The van der Waals surface area contributed by atoms with Crippen LogP contribution in [0.25, 0.3) is 16.5 Å². The normalized spacial score (nSPS) is 11.0. The molecule has 0 amide bonds. The molecular weight excluding hydrogens is 312 g/mol. The molecule has 0 atom stereocenters. The summed E-state index contributed by atoms with van der Waals surface area (Å²) in [5.74, 6) is 1.49. The molecule has 0 aliphatic carbocycles. The second-order valence-corrected chi connectivity index (χ2v) is 6.06. The Balaban J connectivity index is 1.63. The highest BCUT2D eigenvalue weighted by atomic mass is 16.5. The third kappa shape index (κ3) is 2.96. The molecule has 0 N–H and O–H groups in total. The molecule has 4 aromatic rings. The quantitative estimate of drug-likeness (QED) is 0.567. The van der Waals surface area contributed by atoms with Crippen LogP contribution in [0.3, 0.4) is 0 Å². The Labute approximate surface area is 145 Å². The fourth-order valence-electron chi connectivity index (χ4n) is 2.99. The Kier molecular flexibility index (Phi) is 3.90. The van der Waals surface area contributed by atoms with Crippen molar-refractivity contribution in [2.45, 2.75) is 20.5 Å². The molecule has 0 saturated heterocycles. The van der Waals surface area contributed by atoms with Gasteiger partial charge < -0.3 is 4.74 Å². The van der Waals surface area contributed by atoms with E-state index in [4.69, 9.17) is 4.74 Å². The summed E-state index contributed by atoms with van der Waals surface area (Å²) in [5.41, 5.74) is 3.30. The zero-order valence-corrected chi connectivity index (χ0v) is 14.2. The van der Waals surface area contributed by atoms with Gasteiger partial charge in [0, 0.05) is 5.39 Å². The Bertz CT molecular complexity index is 1030. The minimum Gasteiger partial charge on any atom is -0.485 e. The summed E-state index contributed by atoms with van der Waals surface area (Å²) in [6.45, 7) is 4.43. The molecule has 1 heterocycles. The van der Waals surface area contributed by atoms with E-state index in [1.807, 2.05) is 30.3 Å². The van der Waals surface area contributed by atoms with Crippen molar-refractivity contribution in [2.24, 2.45) is 0 Å². The third-order valence-electron chi connectivity index (χ3n) is 4.22. The second-order valence-electron chi connectivity index (χ2n) is 6.06. The fourth-order valence-corrected chi connectivity index (χ4v) is 2.99. The Morgan fingerprint density at radius 3 is 2.68 bits per heavy atom.